The number of morpholine rings is 1. The highest BCUT2D eigenvalue weighted by molar-refractivity contribution is 7.89. The highest BCUT2D eigenvalue weighted by Crippen LogP contribution is 2.17. The van der Waals surface area contributed by atoms with E-state index in [0.717, 1.165) is 13.1 Å². The Morgan fingerprint density at radius 2 is 2.04 bits per heavy atom. The van der Waals surface area contributed by atoms with Crippen LogP contribution in [0.4, 0.5) is 0 Å². The maximum absolute atomic E-state index is 12.3. The van der Waals surface area contributed by atoms with Gasteiger partial charge in [-0.25, -0.2) is 13.1 Å². The number of likely N-dealkylation sites (N-methyl/N-ethyl adjacent to an activating group) is 1. The highest BCUT2D eigenvalue weighted by atomic mass is 32.2. The van der Waals surface area contributed by atoms with Crippen LogP contribution in [0.15, 0.2) is 29.2 Å². The van der Waals surface area contributed by atoms with E-state index in [-0.39, 0.29) is 17.1 Å². The van der Waals surface area contributed by atoms with Gasteiger partial charge in [-0.3, -0.25) is 0 Å². The van der Waals surface area contributed by atoms with E-state index in [4.69, 9.17) is 9.47 Å². The summed E-state index contributed by atoms with van der Waals surface area (Å²) < 4.78 is 38.3. The molecular weight excluding hydrogens is 316 g/mol. The Kier molecular flexibility index (Phi) is 6.41. The van der Waals surface area contributed by atoms with Crippen LogP contribution in [0.2, 0.25) is 0 Å². The van der Waals surface area contributed by atoms with Gasteiger partial charge in [0.15, 0.2) is 0 Å². The van der Waals surface area contributed by atoms with E-state index < -0.39 is 10.0 Å². The van der Waals surface area contributed by atoms with Gasteiger partial charge in [-0.1, -0.05) is 0 Å². The van der Waals surface area contributed by atoms with Crippen LogP contribution in [0.5, 0.6) is 5.75 Å². The highest BCUT2D eigenvalue weighted by Gasteiger charge is 2.19. The molecule has 1 aliphatic rings. The van der Waals surface area contributed by atoms with E-state index in [2.05, 4.69) is 9.62 Å². The molecule has 130 valence electrons. The molecule has 0 aliphatic carbocycles. The van der Waals surface area contributed by atoms with E-state index in [1.165, 1.54) is 0 Å². The molecule has 0 spiro atoms. The van der Waals surface area contributed by atoms with Crippen LogP contribution in [0.25, 0.3) is 0 Å². The predicted octanol–water partition coefficient (Wildman–Crippen LogP) is 1.47. The molecule has 1 N–H and O–H groups in total. The first kappa shape index (κ1) is 18.2. The van der Waals surface area contributed by atoms with Crippen LogP contribution < -0.4 is 9.46 Å². The normalized spacial score (nSPS) is 19.9. The quantitative estimate of drug-likeness (QED) is 0.813. The van der Waals surface area contributed by atoms with Crippen molar-refractivity contribution in [3.05, 3.63) is 24.3 Å². The number of rotatable bonds is 7. The second-order valence-corrected chi connectivity index (χ2v) is 7.85. The van der Waals surface area contributed by atoms with Crippen molar-refractivity contribution in [2.75, 3.05) is 33.3 Å². The summed E-state index contributed by atoms with van der Waals surface area (Å²) in [6, 6.07) is 6.47. The molecule has 0 radical (unpaired) electrons. The average Bonchev–Trinajstić information content (AvgIpc) is 2.47. The van der Waals surface area contributed by atoms with Crippen molar-refractivity contribution in [2.24, 2.45) is 0 Å². The first-order valence-corrected chi connectivity index (χ1v) is 9.41. The molecule has 1 aliphatic heterocycles. The van der Waals surface area contributed by atoms with E-state index in [1.54, 1.807) is 24.3 Å². The lowest BCUT2D eigenvalue weighted by molar-refractivity contribution is -0.0222. The maximum atomic E-state index is 12.3. The van der Waals surface area contributed by atoms with Gasteiger partial charge in [0.2, 0.25) is 10.0 Å². The summed E-state index contributed by atoms with van der Waals surface area (Å²) in [7, 11) is -1.45. The lowest BCUT2D eigenvalue weighted by Crippen LogP contribution is -2.41. The lowest BCUT2D eigenvalue weighted by atomic mass is 10.2. The number of ether oxygens (including phenoxy) is 2. The summed E-state index contributed by atoms with van der Waals surface area (Å²) in [5.41, 5.74) is 0. The van der Waals surface area contributed by atoms with Gasteiger partial charge in [0.05, 0.1) is 23.7 Å². The van der Waals surface area contributed by atoms with Crippen molar-refractivity contribution < 1.29 is 17.9 Å². The Bertz CT molecular complexity index is 587. The fourth-order valence-corrected chi connectivity index (χ4v) is 3.50. The zero-order valence-electron chi connectivity index (χ0n) is 14.0. The Balaban J connectivity index is 1.86. The standard InChI is InChI=1S/C16H26N2O4S/c1-13(2)22-14-4-6-16(7-5-14)23(19,20)17-9-8-15-12-18(3)10-11-21-15/h4-7,13,15,17H,8-12H2,1-3H3. The molecule has 1 atom stereocenters. The number of sulfonamides is 1. The molecule has 1 aromatic rings. The van der Waals surface area contributed by atoms with Crippen molar-refractivity contribution >= 4 is 10.0 Å². The summed E-state index contributed by atoms with van der Waals surface area (Å²) in [6.07, 6.45) is 0.806. The molecule has 1 saturated heterocycles. The summed E-state index contributed by atoms with van der Waals surface area (Å²) in [6.45, 7) is 6.68. The Labute approximate surface area is 138 Å². The first-order chi connectivity index (χ1) is 10.9. The van der Waals surface area contributed by atoms with Crippen LogP contribution in [-0.2, 0) is 14.8 Å². The Morgan fingerprint density at radius 1 is 1.35 bits per heavy atom. The molecule has 0 bridgehead atoms. The summed E-state index contributed by atoms with van der Waals surface area (Å²) in [4.78, 5) is 2.44. The van der Waals surface area contributed by atoms with Crippen LogP contribution in [0, 0.1) is 0 Å². The molecule has 1 unspecified atom stereocenters. The van der Waals surface area contributed by atoms with Gasteiger partial charge >= 0.3 is 0 Å². The maximum Gasteiger partial charge on any atom is 0.240 e. The minimum Gasteiger partial charge on any atom is -0.491 e. The van der Waals surface area contributed by atoms with Crippen LogP contribution >= 0.6 is 0 Å². The third-order valence-electron chi connectivity index (χ3n) is 3.61. The molecular formula is C16H26N2O4S. The number of benzene rings is 1. The molecule has 23 heavy (non-hydrogen) atoms. The molecule has 1 heterocycles. The number of nitrogens with one attached hydrogen (secondary N) is 1. The zero-order valence-corrected chi connectivity index (χ0v) is 14.8. The van der Waals surface area contributed by atoms with Crippen LogP contribution in [0.1, 0.15) is 20.3 Å². The molecule has 0 aromatic heterocycles. The third kappa shape index (κ3) is 5.76. The molecule has 1 fully saturated rings. The van der Waals surface area contributed by atoms with Gasteiger partial charge < -0.3 is 14.4 Å². The smallest absolute Gasteiger partial charge is 0.240 e. The minimum atomic E-state index is -3.49. The van der Waals surface area contributed by atoms with E-state index in [0.29, 0.717) is 25.3 Å². The molecule has 0 amide bonds. The Hall–Kier alpha value is -1.15. The van der Waals surface area contributed by atoms with Crippen molar-refractivity contribution in [3.8, 4) is 5.75 Å². The second kappa shape index (κ2) is 8.10. The SMILES string of the molecule is CC(C)Oc1ccc(S(=O)(=O)NCCC2CN(C)CCO2)cc1. The molecule has 0 saturated carbocycles. The topological polar surface area (TPSA) is 67.9 Å². The number of hydrogen-bond donors (Lipinski definition) is 1. The van der Waals surface area contributed by atoms with E-state index in [1.807, 2.05) is 20.9 Å². The fourth-order valence-electron chi connectivity index (χ4n) is 2.45. The predicted molar refractivity (Wildman–Crippen MR) is 89.2 cm³/mol. The summed E-state index contributed by atoms with van der Waals surface area (Å²) in [5, 5.41) is 0. The van der Waals surface area contributed by atoms with Crippen molar-refractivity contribution in [2.45, 2.75) is 37.4 Å². The van der Waals surface area contributed by atoms with Gasteiger partial charge in [-0.15, -0.1) is 0 Å². The average molecular weight is 342 g/mol. The third-order valence-corrected chi connectivity index (χ3v) is 5.08. The van der Waals surface area contributed by atoms with Crippen molar-refractivity contribution in [1.29, 1.82) is 0 Å². The van der Waals surface area contributed by atoms with Gasteiger partial charge in [-0.2, -0.15) is 0 Å². The summed E-state index contributed by atoms with van der Waals surface area (Å²) in [5.74, 6) is 0.664. The summed E-state index contributed by atoms with van der Waals surface area (Å²) >= 11 is 0. The van der Waals surface area contributed by atoms with Gasteiger partial charge in [0.25, 0.3) is 0 Å². The van der Waals surface area contributed by atoms with E-state index in [9.17, 15) is 8.42 Å². The zero-order chi connectivity index (χ0) is 16.9. The number of nitrogens with zero attached hydrogens (tertiary/aromatic N) is 1. The fraction of sp³-hybridized carbons (Fsp3) is 0.625. The molecule has 6 nitrogen and oxygen atoms in total. The van der Waals surface area contributed by atoms with Crippen LogP contribution in [0.3, 0.4) is 0 Å². The largest absolute Gasteiger partial charge is 0.491 e. The molecule has 2 rings (SSSR count). The van der Waals surface area contributed by atoms with Crippen molar-refractivity contribution in [3.63, 3.8) is 0 Å². The molecule has 7 heteroatoms. The lowest BCUT2D eigenvalue weighted by Gasteiger charge is -2.30. The van der Waals surface area contributed by atoms with Crippen molar-refractivity contribution in [1.82, 2.24) is 9.62 Å². The second-order valence-electron chi connectivity index (χ2n) is 6.08. The molecule has 1 aromatic carbocycles. The Morgan fingerprint density at radius 3 is 2.65 bits per heavy atom. The first-order valence-electron chi connectivity index (χ1n) is 7.93. The monoisotopic (exact) mass is 342 g/mol. The van der Waals surface area contributed by atoms with Gasteiger partial charge in [-0.05, 0) is 51.6 Å². The van der Waals surface area contributed by atoms with Crippen LogP contribution in [-0.4, -0.2) is 58.8 Å². The minimum absolute atomic E-state index is 0.0595. The number of hydrogen-bond acceptors (Lipinski definition) is 5. The van der Waals surface area contributed by atoms with Gasteiger partial charge in [0, 0.05) is 19.6 Å². The van der Waals surface area contributed by atoms with E-state index >= 15 is 0 Å². The van der Waals surface area contributed by atoms with Gasteiger partial charge in [0.1, 0.15) is 5.75 Å².